The summed E-state index contributed by atoms with van der Waals surface area (Å²) in [5.74, 6) is -2.63. The zero-order chi connectivity index (χ0) is 19.5. The molecule has 4 aromatic heterocycles. The minimum Gasteiger partial charge on any atom is -0.382 e. The topological polar surface area (TPSA) is 102 Å². The van der Waals surface area contributed by atoms with Crippen molar-refractivity contribution < 1.29 is 8.78 Å². The van der Waals surface area contributed by atoms with Gasteiger partial charge < -0.3 is 11.1 Å². The molecule has 1 atom stereocenters. The molecule has 0 spiro atoms. The number of aromatic nitrogens is 6. The van der Waals surface area contributed by atoms with Gasteiger partial charge in [-0.25, -0.2) is 22.8 Å². The molecular weight excluding hydrogens is 368 g/mol. The second kappa shape index (κ2) is 5.83. The molecule has 28 heavy (non-hydrogen) atoms. The Morgan fingerprint density at radius 2 is 2.04 bits per heavy atom. The van der Waals surface area contributed by atoms with E-state index in [1.54, 1.807) is 35.1 Å². The van der Waals surface area contributed by atoms with E-state index < -0.39 is 12.0 Å². The number of likely N-dealkylation sites (N-methyl/N-ethyl adjacent to an activating group) is 1. The molecule has 0 aliphatic carbocycles. The van der Waals surface area contributed by atoms with E-state index in [4.69, 9.17) is 5.73 Å². The highest BCUT2D eigenvalue weighted by Crippen LogP contribution is 2.30. The molecule has 4 aromatic rings. The number of likely N-dealkylation sites (tertiary alicyclic amines) is 1. The Labute approximate surface area is 157 Å². The number of nitrogen functional groups attached to an aromatic ring is 1. The predicted molar refractivity (Wildman–Crippen MR) is 99.2 cm³/mol. The van der Waals surface area contributed by atoms with Gasteiger partial charge in [0.05, 0.1) is 12.2 Å². The molecule has 5 heterocycles. The number of hydrogen-bond acceptors (Lipinski definition) is 7. The lowest BCUT2D eigenvalue weighted by Gasteiger charge is -2.19. The van der Waals surface area contributed by atoms with Crippen LogP contribution in [0.15, 0.2) is 36.8 Å². The number of hydrogen-bond donors (Lipinski definition) is 2. The molecular formula is C17H17F2N9. The number of fused-ring (bicyclic) bond motifs is 2. The first-order valence-corrected chi connectivity index (χ1v) is 8.69. The van der Waals surface area contributed by atoms with Crippen LogP contribution in [0.2, 0.25) is 0 Å². The van der Waals surface area contributed by atoms with Gasteiger partial charge >= 0.3 is 0 Å². The molecule has 1 saturated heterocycles. The van der Waals surface area contributed by atoms with E-state index in [1.165, 1.54) is 4.52 Å². The lowest BCUT2D eigenvalue weighted by Crippen LogP contribution is -2.38. The van der Waals surface area contributed by atoms with Crippen LogP contribution < -0.4 is 11.1 Å². The van der Waals surface area contributed by atoms with E-state index in [1.807, 2.05) is 18.2 Å². The summed E-state index contributed by atoms with van der Waals surface area (Å²) in [6.45, 7) is -0.113. The predicted octanol–water partition coefficient (Wildman–Crippen LogP) is 1.38. The summed E-state index contributed by atoms with van der Waals surface area (Å²) in [7, 11) is 1.65. The smallest absolute Gasteiger partial charge is 0.281 e. The first-order valence-electron chi connectivity index (χ1n) is 8.69. The van der Waals surface area contributed by atoms with Gasteiger partial charge in [-0.3, -0.25) is 4.90 Å². The first-order chi connectivity index (χ1) is 13.4. The molecule has 1 unspecified atom stereocenters. The molecule has 1 aliphatic rings. The van der Waals surface area contributed by atoms with Gasteiger partial charge in [0, 0.05) is 30.7 Å². The maximum Gasteiger partial charge on any atom is 0.281 e. The van der Waals surface area contributed by atoms with E-state index in [2.05, 4.69) is 25.5 Å². The highest BCUT2D eigenvalue weighted by atomic mass is 19.3. The molecule has 0 bridgehead atoms. The molecule has 1 aliphatic heterocycles. The summed E-state index contributed by atoms with van der Waals surface area (Å²) in [5, 5.41) is 11.5. The SMILES string of the molecule is CN1CC(Nc2nc(N)c3c(-c4ccc5nccn5n4)ccn3n2)C(F)(F)C1. The monoisotopic (exact) mass is 385 g/mol. The van der Waals surface area contributed by atoms with Crippen LogP contribution in [0.3, 0.4) is 0 Å². The van der Waals surface area contributed by atoms with Crippen LogP contribution in [-0.4, -0.2) is 66.2 Å². The quantitative estimate of drug-likeness (QED) is 0.549. The van der Waals surface area contributed by atoms with Gasteiger partial charge in [-0.2, -0.15) is 10.1 Å². The summed E-state index contributed by atoms with van der Waals surface area (Å²) in [5.41, 5.74) is 8.85. The van der Waals surface area contributed by atoms with Crippen molar-refractivity contribution in [2.45, 2.75) is 12.0 Å². The molecule has 0 radical (unpaired) electrons. The number of halogens is 2. The second-order valence-corrected chi connectivity index (χ2v) is 6.95. The van der Waals surface area contributed by atoms with Gasteiger partial charge in [0.25, 0.3) is 5.92 Å². The maximum absolute atomic E-state index is 14.1. The van der Waals surface area contributed by atoms with Gasteiger partial charge in [0.2, 0.25) is 5.95 Å². The van der Waals surface area contributed by atoms with Crippen LogP contribution in [0.4, 0.5) is 20.5 Å². The van der Waals surface area contributed by atoms with Crippen LogP contribution in [0, 0.1) is 0 Å². The number of nitrogens with zero attached hydrogens (tertiary/aromatic N) is 7. The van der Waals surface area contributed by atoms with Crippen molar-refractivity contribution in [1.29, 1.82) is 0 Å². The molecule has 5 rings (SSSR count). The highest BCUT2D eigenvalue weighted by molar-refractivity contribution is 5.86. The summed E-state index contributed by atoms with van der Waals surface area (Å²) in [6, 6.07) is 4.41. The van der Waals surface area contributed by atoms with Gasteiger partial charge in [-0.15, -0.1) is 5.10 Å². The van der Waals surface area contributed by atoms with Crippen LogP contribution in [-0.2, 0) is 0 Å². The highest BCUT2D eigenvalue weighted by Gasteiger charge is 2.47. The minimum absolute atomic E-state index is 0.0603. The minimum atomic E-state index is -2.87. The Morgan fingerprint density at radius 1 is 1.18 bits per heavy atom. The number of alkyl halides is 2. The van der Waals surface area contributed by atoms with Crippen LogP contribution in [0.25, 0.3) is 22.4 Å². The van der Waals surface area contributed by atoms with Crippen LogP contribution in [0.1, 0.15) is 0 Å². The third-order valence-corrected chi connectivity index (χ3v) is 4.86. The van der Waals surface area contributed by atoms with E-state index in [0.29, 0.717) is 11.2 Å². The fraction of sp³-hybridized carbons (Fsp3) is 0.294. The molecule has 11 heteroatoms. The van der Waals surface area contributed by atoms with E-state index in [0.717, 1.165) is 11.2 Å². The fourth-order valence-corrected chi connectivity index (χ4v) is 3.57. The number of nitrogens with one attached hydrogen (secondary N) is 1. The molecule has 3 N–H and O–H groups in total. The molecule has 1 fully saturated rings. The second-order valence-electron chi connectivity index (χ2n) is 6.95. The Morgan fingerprint density at radius 3 is 2.82 bits per heavy atom. The van der Waals surface area contributed by atoms with Crippen molar-refractivity contribution in [2.24, 2.45) is 0 Å². The van der Waals surface area contributed by atoms with Gasteiger partial charge in [-0.1, -0.05) is 0 Å². The Kier molecular flexibility index (Phi) is 3.50. The first kappa shape index (κ1) is 16.8. The largest absolute Gasteiger partial charge is 0.382 e. The van der Waals surface area contributed by atoms with Gasteiger partial charge in [0.15, 0.2) is 11.5 Å². The molecule has 0 amide bonds. The number of nitrogens with two attached hydrogens (primary N) is 1. The van der Waals surface area contributed by atoms with Crippen LogP contribution in [0.5, 0.6) is 0 Å². The summed E-state index contributed by atoms with van der Waals surface area (Å²) < 4.78 is 31.3. The van der Waals surface area contributed by atoms with Crippen molar-refractivity contribution in [3.8, 4) is 11.3 Å². The zero-order valence-corrected chi connectivity index (χ0v) is 14.9. The number of rotatable bonds is 3. The van der Waals surface area contributed by atoms with Crippen molar-refractivity contribution in [3.63, 3.8) is 0 Å². The molecule has 9 nitrogen and oxygen atoms in total. The zero-order valence-electron chi connectivity index (χ0n) is 14.9. The van der Waals surface area contributed by atoms with Crippen LogP contribution >= 0.6 is 0 Å². The summed E-state index contributed by atoms with van der Waals surface area (Å²) in [4.78, 5) is 9.93. The van der Waals surface area contributed by atoms with Gasteiger partial charge in [-0.05, 0) is 25.2 Å². The van der Waals surface area contributed by atoms with Crippen molar-refractivity contribution in [1.82, 2.24) is 34.1 Å². The third kappa shape index (κ3) is 2.62. The van der Waals surface area contributed by atoms with Crippen molar-refractivity contribution >= 4 is 22.9 Å². The van der Waals surface area contributed by atoms with E-state index in [9.17, 15) is 8.78 Å². The molecule has 144 valence electrons. The van der Waals surface area contributed by atoms with E-state index >= 15 is 0 Å². The Bertz CT molecular complexity index is 1180. The number of imidazole rings is 1. The Balaban J connectivity index is 1.53. The number of anilines is 2. The summed E-state index contributed by atoms with van der Waals surface area (Å²) in [6.07, 6.45) is 5.11. The molecule has 0 saturated carbocycles. The van der Waals surface area contributed by atoms with E-state index in [-0.39, 0.29) is 24.9 Å². The van der Waals surface area contributed by atoms with Crippen molar-refractivity contribution in [2.75, 3.05) is 31.2 Å². The third-order valence-electron chi connectivity index (χ3n) is 4.86. The average molecular weight is 385 g/mol. The standard InChI is InChI=1S/C17H17F2N9/c1-26-8-12(17(18,19)9-26)22-16-23-15(20)14-10(4-6-28(14)25-16)11-2-3-13-21-5-7-27(13)24-11/h2-7,12H,8-9H2,1H3,(H3,20,22,23,25). The maximum atomic E-state index is 14.1. The Hall–Kier alpha value is -3.34. The van der Waals surface area contributed by atoms with Gasteiger partial charge in [0.1, 0.15) is 11.6 Å². The fourth-order valence-electron chi connectivity index (χ4n) is 3.57. The average Bonchev–Trinajstić information content (AvgIpc) is 3.31. The lowest BCUT2D eigenvalue weighted by atomic mass is 10.2. The molecule has 0 aromatic carbocycles. The summed E-state index contributed by atoms with van der Waals surface area (Å²) >= 11 is 0. The van der Waals surface area contributed by atoms with Crippen molar-refractivity contribution in [3.05, 3.63) is 36.8 Å². The lowest BCUT2D eigenvalue weighted by molar-refractivity contribution is 0.00584. The normalized spacial score (nSPS) is 19.6.